The molecule has 2 N–H and O–H groups in total. The van der Waals surface area contributed by atoms with Crippen LogP contribution in [0.25, 0.3) is 0 Å². The van der Waals surface area contributed by atoms with E-state index in [0.717, 1.165) is 22.3 Å². The number of hydrogen-bond acceptors (Lipinski definition) is 3. The van der Waals surface area contributed by atoms with Crippen molar-refractivity contribution < 1.29 is 4.74 Å². The van der Waals surface area contributed by atoms with E-state index < -0.39 is 0 Å². The Kier molecular flexibility index (Phi) is 4.97. The van der Waals surface area contributed by atoms with Gasteiger partial charge in [0.05, 0.1) is 5.56 Å². The van der Waals surface area contributed by atoms with Gasteiger partial charge in [0, 0.05) is 11.0 Å². The van der Waals surface area contributed by atoms with Gasteiger partial charge in [-0.25, -0.2) is 0 Å². The van der Waals surface area contributed by atoms with E-state index in [2.05, 4.69) is 20.8 Å². The Hall–Kier alpha value is -0.650. The van der Waals surface area contributed by atoms with E-state index in [1.165, 1.54) is 25.9 Å². The molecule has 0 bridgehead atoms. The van der Waals surface area contributed by atoms with Crippen molar-refractivity contribution in [1.29, 1.82) is 0 Å². The molecular formula is C13H17BrN2OS. The summed E-state index contributed by atoms with van der Waals surface area (Å²) in [7, 11) is 0. The second kappa shape index (κ2) is 6.50. The minimum atomic E-state index is 0.368. The number of nitrogens with zero attached hydrogens (tertiary/aromatic N) is 1. The van der Waals surface area contributed by atoms with Crippen molar-refractivity contribution in [2.24, 2.45) is 5.73 Å². The largest absolute Gasteiger partial charge is 0.492 e. The lowest BCUT2D eigenvalue weighted by molar-refractivity contribution is 0.237. The highest BCUT2D eigenvalue weighted by Crippen LogP contribution is 2.23. The summed E-state index contributed by atoms with van der Waals surface area (Å²) in [5.41, 5.74) is 6.49. The molecule has 0 amide bonds. The van der Waals surface area contributed by atoms with E-state index in [1.807, 2.05) is 18.2 Å². The summed E-state index contributed by atoms with van der Waals surface area (Å²) in [6, 6.07) is 5.74. The van der Waals surface area contributed by atoms with Crippen molar-refractivity contribution in [3.63, 3.8) is 0 Å². The average Bonchev–Trinajstić information content (AvgIpc) is 2.84. The Bertz CT molecular complexity index is 433. The summed E-state index contributed by atoms with van der Waals surface area (Å²) in [5, 5.41) is 0. The molecule has 98 valence electrons. The lowest BCUT2D eigenvalue weighted by Crippen LogP contribution is -2.25. The molecule has 1 aromatic rings. The SMILES string of the molecule is NC(=S)c1cc(Br)ccc1OCCN1CCCC1. The molecule has 1 aliphatic rings. The maximum Gasteiger partial charge on any atom is 0.129 e. The Labute approximate surface area is 121 Å². The van der Waals surface area contributed by atoms with Gasteiger partial charge in [0.25, 0.3) is 0 Å². The smallest absolute Gasteiger partial charge is 0.129 e. The summed E-state index contributed by atoms with van der Waals surface area (Å²) >= 11 is 8.44. The molecule has 1 fully saturated rings. The molecular weight excluding hydrogens is 312 g/mol. The van der Waals surface area contributed by atoms with Gasteiger partial charge in [0.2, 0.25) is 0 Å². The van der Waals surface area contributed by atoms with Gasteiger partial charge < -0.3 is 10.5 Å². The minimum Gasteiger partial charge on any atom is -0.492 e. The summed E-state index contributed by atoms with van der Waals surface area (Å²) in [6.45, 7) is 4.02. The van der Waals surface area contributed by atoms with E-state index in [-0.39, 0.29) is 0 Å². The van der Waals surface area contributed by atoms with Gasteiger partial charge >= 0.3 is 0 Å². The number of hydrogen-bond donors (Lipinski definition) is 1. The lowest BCUT2D eigenvalue weighted by atomic mass is 10.2. The first-order valence-corrected chi connectivity index (χ1v) is 7.31. The second-order valence-electron chi connectivity index (χ2n) is 4.40. The van der Waals surface area contributed by atoms with Crippen molar-refractivity contribution in [3.8, 4) is 5.75 Å². The van der Waals surface area contributed by atoms with Crippen LogP contribution in [0.2, 0.25) is 0 Å². The number of nitrogens with two attached hydrogens (primary N) is 1. The predicted molar refractivity (Wildman–Crippen MR) is 81.2 cm³/mol. The molecule has 0 radical (unpaired) electrons. The highest BCUT2D eigenvalue weighted by molar-refractivity contribution is 9.10. The third kappa shape index (κ3) is 3.67. The average molecular weight is 329 g/mol. The molecule has 1 saturated heterocycles. The normalized spacial score (nSPS) is 15.8. The molecule has 0 atom stereocenters. The number of rotatable bonds is 5. The van der Waals surface area contributed by atoms with Gasteiger partial charge in [0.1, 0.15) is 17.3 Å². The number of ether oxygens (including phenoxy) is 1. The van der Waals surface area contributed by atoms with Crippen molar-refractivity contribution in [2.45, 2.75) is 12.8 Å². The molecule has 1 aliphatic heterocycles. The molecule has 1 aromatic carbocycles. The van der Waals surface area contributed by atoms with Crippen molar-refractivity contribution >= 4 is 33.1 Å². The first kappa shape index (κ1) is 13.8. The second-order valence-corrected chi connectivity index (χ2v) is 5.76. The standard InChI is InChI=1S/C13H17BrN2OS/c14-10-3-4-12(11(9-10)13(15)18)17-8-7-16-5-1-2-6-16/h3-4,9H,1-2,5-8H2,(H2,15,18). The van der Waals surface area contributed by atoms with Crippen molar-refractivity contribution in [3.05, 3.63) is 28.2 Å². The van der Waals surface area contributed by atoms with Crippen molar-refractivity contribution in [1.82, 2.24) is 4.90 Å². The quantitative estimate of drug-likeness (QED) is 0.843. The molecule has 18 heavy (non-hydrogen) atoms. The molecule has 0 aliphatic carbocycles. The molecule has 2 rings (SSSR count). The number of benzene rings is 1. The van der Waals surface area contributed by atoms with Crippen LogP contribution in [0.15, 0.2) is 22.7 Å². The number of likely N-dealkylation sites (tertiary alicyclic amines) is 1. The zero-order valence-electron chi connectivity index (χ0n) is 10.2. The van der Waals surface area contributed by atoms with Crippen LogP contribution in [-0.2, 0) is 0 Å². The van der Waals surface area contributed by atoms with Crippen LogP contribution >= 0.6 is 28.1 Å². The van der Waals surface area contributed by atoms with E-state index >= 15 is 0 Å². The fourth-order valence-electron chi connectivity index (χ4n) is 2.11. The fraction of sp³-hybridized carbons (Fsp3) is 0.462. The molecule has 1 heterocycles. The Morgan fingerprint density at radius 1 is 1.39 bits per heavy atom. The van der Waals surface area contributed by atoms with Gasteiger partial charge in [-0.05, 0) is 44.1 Å². The van der Waals surface area contributed by atoms with E-state index in [0.29, 0.717) is 11.6 Å². The van der Waals surface area contributed by atoms with E-state index in [9.17, 15) is 0 Å². The van der Waals surface area contributed by atoms with Crippen molar-refractivity contribution in [2.75, 3.05) is 26.2 Å². The lowest BCUT2D eigenvalue weighted by Gasteiger charge is -2.16. The third-order valence-electron chi connectivity index (χ3n) is 3.07. The van der Waals surface area contributed by atoms with Crippen LogP contribution in [0.1, 0.15) is 18.4 Å². The zero-order chi connectivity index (χ0) is 13.0. The van der Waals surface area contributed by atoms with Crippen LogP contribution in [-0.4, -0.2) is 36.1 Å². The van der Waals surface area contributed by atoms with Gasteiger partial charge in [-0.15, -0.1) is 0 Å². The number of halogens is 1. The highest BCUT2D eigenvalue weighted by Gasteiger charge is 2.12. The maximum absolute atomic E-state index is 5.79. The summed E-state index contributed by atoms with van der Waals surface area (Å²) in [4.78, 5) is 2.78. The minimum absolute atomic E-state index is 0.368. The zero-order valence-corrected chi connectivity index (χ0v) is 12.6. The van der Waals surface area contributed by atoms with Crippen LogP contribution < -0.4 is 10.5 Å². The molecule has 0 saturated carbocycles. The predicted octanol–water partition coefficient (Wildman–Crippen LogP) is 2.56. The summed E-state index contributed by atoms with van der Waals surface area (Å²) in [6.07, 6.45) is 2.60. The topological polar surface area (TPSA) is 38.5 Å². The molecule has 0 unspecified atom stereocenters. The van der Waals surface area contributed by atoms with Gasteiger partial charge in [-0.2, -0.15) is 0 Å². The highest BCUT2D eigenvalue weighted by atomic mass is 79.9. The molecule has 5 heteroatoms. The summed E-state index contributed by atoms with van der Waals surface area (Å²) in [5.74, 6) is 0.768. The summed E-state index contributed by atoms with van der Waals surface area (Å²) < 4.78 is 6.74. The third-order valence-corrected chi connectivity index (χ3v) is 3.78. The van der Waals surface area contributed by atoms with E-state index in [4.69, 9.17) is 22.7 Å². The molecule has 0 spiro atoms. The van der Waals surface area contributed by atoms with E-state index in [1.54, 1.807) is 0 Å². The number of thiocarbonyl (C=S) groups is 1. The molecule has 0 aromatic heterocycles. The van der Waals surface area contributed by atoms with Crippen LogP contribution in [0, 0.1) is 0 Å². The van der Waals surface area contributed by atoms with Gasteiger partial charge in [-0.3, -0.25) is 4.90 Å². The Balaban J connectivity index is 1.93. The van der Waals surface area contributed by atoms with Crippen LogP contribution in [0.4, 0.5) is 0 Å². The molecule has 3 nitrogen and oxygen atoms in total. The maximum atomic E-state index is 5.79. The van der Waals surface area contributed by atoms with Crippen LogP contribution in [0.5, 0.6) is 5.75 Å². The monoisotopic (exact) mass is 328 g/mol. The van der Waals surface area contributed by atoms with Crippen LogP contribution in [0.3, 0.4) is 0 Å². The van der Waals surface area contributed by atoms with Gasteiger partial charge in [-0.1, -0.05) is 28.1 Å². The Morgan fingerprint density at radius 2 is 2.11 bits per heavy atom. The Morgan fingerprint density at radius 3 is 2.78 bits per heavy atom. The first-order chi connectivity index (χ1) is 8.66. The fourth-order valence-corrected chi connectivity index (χ4v) is 2.63. The van der Waals surface area contributed by atoms with Gasteiger partial charge in [0.15, 0.2) is 0 Å². The first-order valence-electron chi connectivity index (χ1n) is 6.11.